The topological polar surface area (TPSA) is 66.4 Å². The van der Waals surface area contributed by atoms with Gasteiger partial charge in [-0.25, -0.2) is 0 Å². The van der Waals surface area contributed by atoms with Crippen LogP contribution < -0.4 is 5.32 Å². The molecule has 1 fully saturated rings. The van der Waals surface area contributed by atoms with E-state index in [9.17, 15) is 9.59 Å². The fraction of sp³-hybridized carbons (Fsp3) is 0.375. The zero-order valence-electron chi connectivity index (χ0n) is 11.6. The predicted molar refractivity (Wildman–Crippen MR) is 84.7 cm³/mol. The minimum Gasteiger partial charge on any atom is -0.481 e. The zero-order chi connectivity index (χ0) is 15.2. The summed E-state index contributed by atoms with van der Waals surface area (Å²) in [5.74, 6) is -1.12. The Morgan fingerprint density at radius 1 is 1.19 bits per heavy atom. The number of hydrogen-bond acceptors (Lipinski definition) is 2. The van der Waals surface area contributed by atoms with Crippen molar-refractivity contribution in [2.45, 2.75) is 31.7 Å². The molecule has 1 amide bonds. The van der Waals surface area contributed by atoms with E-state index in [1.807, 2.05) is 24.3 Å². The molecule has 5 heteroatoms. The van der Waals surface area contributed by atoms with Gasteiger partial charge in [0.25, 0.3) is 0 Å². The third kappa shape index (κ3) is 4.70. The van der Waals surface area contributed by atoms with Gasteiger partial charge in [-0.2, -0.15) is 0 Å². The first-order valence-electron chi connectivity index (χ1n) is 7.02. The van der Waals surface area contributed by atoms with Gasteiger partial charge in [0, 0.05) is 16.6 Å². The molecule has 112 valence electrons. The molecule has 21 heavy (non-hydrogen) atoms. The van der Waals surface area contributed by atoms with Crippen molar-refractivity contribution in [1.82, 2.24) is 5.32 Å². The number of carbonyl (C=O) groups excluding carboxylic acids is 1. The van der Waals surface area contributed by atoms with Crippen LogP contribution in [-0.2, 0) is 9.59 Å². The standard InChI is InChI=1S/C16H18BrNO3/c17-14-4-2-1-3-11(14)7-10-15(19)18-13-8-5-12(6-9-13)16(20)21/h1-4,7,10,12-13H,5-6,8-9H2,(H,18,19)(H,20,21)/b10-7+. The van der Waals surface area contributed by atoms with E-state index in [2.05, 4.69) is 21.2 Å². The second-order valence-electron chi connectivity index (χ2n) is 5.25. The molecule has 4 nitrogen and oxygen atoms in total. The molecule has 0 aromatic heterocycles. The summed E-state index contributed by atoms with van der Waals surface area (Å²) >= 11 is 3.43. The molecule has 0 heterocycles. The molecule has 1 aromatic rings. The highest BCUT2D eigenvalue weighted by atomic mass is 79.9. The predicted octanol–water partition coefficient (Wildman–Crippen LogP) is 3.22. The van der Waals surface area contributed by atoms with Gasteiger partial charge in [-0.05, 0) is 43.4 Å². The average molecular weight is 352 g/mol. The molecule has 2 N–H and O–H groups in total. The summed E-state index contributed by atoms with van der Waals surface area (Å²) in [5.41, 5.74) is 0.947. The molecule has 0 saturated heterocycles. The lowest BCUT2D eigenvalue weighted by atomic mass is 9.86. The van der Waals surface area contributed by atoms with Crippen molar-refractivity contribution in [3.63, 3.8) is 0 Å². The van der Waals surface area contributed by atoms with E-state index in [0.717, 1.165) is 22.9 Å². The average Bonchev–Trinajstić information content (AvgIpc) is 2.47. The van der Waals surface area contributed by atoms with Gasteiger partial charge < -0.3 is 10.4 Å². The molecule has 1 saturated carbocycles. The van der Waals surface area contributed by atoms with E-state index < -0.39 is 5.97 Å². The number of benzene rings is 1. The molecule has 1 aromatic carbocycles. The Labute approximate surface area is 132 Å². The van der Waals surface area contributed by atoms with Crippen LogP contribution in [0.1, 0.15) is 31.2 Å². The number of amides is 1. The van der Waals surface area contributed by atoms with Crippen molar-refractivity contribution in [3.05, 3.63) is 40.4 Å². The van der Waals surface area contributed by atoms with E-state index in [4.69, 9.17) is 5.11 Å². The van der Waals surface area contributed by atoms with Gasteiger partial charge in [-0.3, -0.25) is 9.59 Å². The third-order valence-corrected chi connectivity index (χ3v) is 4.46. The lowest BCUT2D eigenvalue weighted by Gasteiger charge is -2.26. The second-order valence-corrected chi connectivity index (χ2v) is 6.10. The molecule has 1 aliphatic carbocycles. The number of aliphatic carboxylic acids is 1. The van der Waals surface area contributed by atoms with Crippen LogP contribution in [0.2, 0.25) is 0 Å². The Kier molecular flexibility index (Phi) is 5.56. The summed E-state index contributed by atoms with van der Waals surface area (Å²) in [6, 6.07) is 7.76. The molecule has 2 rings (SSSR count). The Balaban J connectivity index is 1.83. The van der Waals surface area contributed by atoms with Gasteiger partial charge >= 0.3 is 5.97 Å². The summed E-state index contributed by atoms with van der Waals surface area (Å²) in [7, 11) is 0. The number of carbonyl (C=O) groups is 2. The molecule has 0 atom stereocenters. The van der Waals surface area contributed by atoms with E-state index >= 15 is 0 Å². The van der Waals surface area contributed by atoms with Crippen LogP contribution in [0.15, 0.2) is 34.8 Å². The Morgan fingerprint density at radius 2 is 1.86 bits per heavy atom. The maximum absolute atomic E-state index is 11.9. The van der Waals surface area contributed by atoms with Crippen molar-refractivity contribution < 1.29 is 14.7 Å². The molecule has 0 unspecified atom stereocenters. The van der Waals surface area contributed by atoms with E-state index in [1.165, 1.54) is 6.08 Å². The first-order valence-corrected chi connectivity index (χ1v) is 7.81. The van der Waals surface area contributed by atoms with Crippen LogP contribution in [0.25, 0.3) is 6.08 Å². The highest BCUT2D eigenvalue weighted by Gasteiger charge is 2.26. The maximum atomic E-state index is 11.9. The Morgan fingerprint density at radius 3 is 2.48 bits per heavy atom. The molecule has 0 radical (unpaired) electrons. The van der Waals surface area contributed by atoms with Crippen LogP contribution in [0.5, 0.6) is 0 Å². The molecule has 0 spiro atoms. The third-order valence-electron chi connectivity index (χ3n) is 3.74. The Hall–Kier alpha value is -1.62. The van der Waals surface area contributed by atoms with Crippen molar-refractivity contribution in [1.29, 1.82) is 0 Å². The normalized spacial score (nSPS) is 22.1. The van der Waals surface area contributed by atoms with Crippen molar-refractivity contribution in [2.24, 2.45) is 5.92 Å². The fourth-order valence-electron chi connectivity index (χ4n) is 2.51. The lowest BCUT2D eigenvalue weighted by molar-refractivity contribution is -0.142. The van der Waals surface area contributed by atoms with Crippen LogP contribution in [0, 0.1) is 5.92 Å². The second kappa shape index (κ2) is 7.41. The van der Waals surface area contributed by atoms with Gasteiger partial charge in [0.15, 0.2) is 0 Å². The number of nitrogens with one attached hydrogen (secondary N) is 1. The van der Waals surface area contributed by atoms with Crippen LogP contribution in [0.4, 0.5) is 0 Å². The zero-order valence-corrected chi connectivity index (χ0v) is 13.2. The fourth-order valence-corrected chi connectivity index (χ4v) is 2.93. The van der Waals surface area contributed by atoms with Gasteiger partial charge in [-0.15, -0.1) is 0 Å². The Bertz CT molecular complexity index is 548. The highest BCUT2D eigenvalue weighted by molar-refractivity contribution is 9.10. The van der Waals surface area contributed by atoms with Crippen LogP contribution >= 0.6 is 15.9 Å². The van der Waals surface area contributed by atoms with E-state index in [0.29, 0.717) is 12.8 Å². The SMILES string of the molecule is O=C(/C=C/c1ccccc1Br)NC1CCC(C(=O)O)CC1. The van der Waals surface area contributed by atoms with Crippen LogP contribution in [0.3, 0.4) is 0 Å². The van der Waals surface area contributed by atoms with Crippen molar-refractivity contribution >= 4 is 33.9 Å². The summed E-state index contributed by atoms with van der Waals surface area (Å²) in [4.78, 5) is 22.8. The van der Waals surface area contributed by atoms with Gasteiger partial charge in [0.05, 0.1) is 5.92 Å². The molecular weight excluding hydrogens is 334 g/mol. The van der Waals surface area contributed by atoms with Gasteiger partial charge in [0.1, 0.15) is 0 Å². The van der Waals surface area contributed by atoms with Crippen molar-refractivity contribution in [2.75, 3.05) is 0 Å². The summed E-state index contributed by atoms with van der Waals surface area (Å²) < 4.78 is 0.941. The van der Waals surface area contributed by atoms with Gasteiger partial charge in [-0.1, -0.05) is 34.1 Å². The number of rotatable bonds is 4. The molecular formula is C16H18BrNO3. The summed E-state index contributed by atoms with van der Waals surface area (Å²) in [5, 5.41) is 11.9. The van der Waals surface area contributed by atoms with E-state index in [1.54, 1.807) is 6.08 Å². The molecule has 1 aliphatic rings. The number of carboxylic acids is 1. The summed E-state index contributed by atoms with van der Waals surface area (Å²) in [6.07, 6.45) is 6.01. The minimum atomic E-state index is -0.728. The lowest BCUT2D eigenvalue weighted by Crippen LogP contribution is -2.37. The largest absolute Gasteiger partial charge is 0.481 e. The first-order chi connectivity index (χ1) is 10.1. The molecule has 0 bridgehead atoms. The smallest absolute Gasteiger partial charge is 0.306 e. The number of hydrogen-bond donors (Lipinski definition) is 2. The van der Waals surface area contributed by atoms with Gasteiger partial charge in [0.2, 0.25) is 5.91 Å². The monoisotopic (exact) mass is 351 g/mol. The minimum absolute atomic E-state index is 0.0805. The first kappa shape index (κ1) is 15.8. The number of carboxylic acid groups (broad SMARTS) is 1. The van der Waals surface area contributed by atoms with E-state index in [-0.39, 0.29) is 17.9 Å². The maximum Gasteiger partial charge on any atom is 0.306 e. The van der Waals surface area contributed by atoms with Crippen LogP contribution in [-0.4, -0.2) is 23.0 Å². The quantitative estimate of drug-likeness (QED) is 0.818. The molecule has 0 aliphatic heterocycles. The van der Waals surface area contributed by atoms with Crippen molar-refractivity contribution in [3.8, 4) is 0 Å². The summed E-state index contributed by atoms with van der Waals surface area (Å²) in [6.45, 7) is 0. The number of halogens is 1. The highest BCUT2D eigenvalue weighted by Crippen LogP contribution is 2.24.